The predicted octanol–water partition coefficient (Wildman–Crippen LogP) is 2.42. The van der Waals surface area contributed by atoms with Crippen molar-refractivity contribution in [2.45, 2.75) is 20.3 Å². The van der Waals surface area contributed by atoms with Gasteiger partial charge in [0.15, 0.2) is 5.78 Å². The summed E-state index contributed by atoms with van der Waals surface area (Å²) < 4.78 is 0. The van der Waals surface area contributed by atoms with Crippen LogP contribution >= 0.6 is 0 Å². The third-order valence-corrected chi connectivity index (χ3v) is 2.08. The van der Waals surface area contributed by atoms with Crippen LogP contribution in [0.15, 0.2) is 24.3 Å². The minimum absolute atomic E-state index is 0.0157. The first-order chi connectivity index (χ1) is 7.63. The van der Waals surface area contributed by atoms with Crippen LogP contribution in [0.1, 0.15) is 30.6 Å². The average Bonchev–Trinajstić information content (AvgIpc) is 2.27. The van der Waals surface area contributed by atoms with Crippen LogP contribution in [0.2, 0.25) is 0 Å². The van der Waals surface area contributed by atoms with E-state index < -0.39 is 0 Å². The quantitative estimate of drug-likeness (QED) is 0.765. The van der Waals surface area contributed by atoms with Gasteiger partial charge < -0.3 is 10.6 Å². The molecule has 0 bridgehead atoms. The molecule has 4 nitrogen and oxygen atoms in total. The number of hydrogen-bond donors (Lipinski definition) is 2. The molecule has 0 saturated carbocycles. The molecule has 1 aromatic rings. The summed E-state index contributed by atoms with van der Waals surface area (Å²) in [6, 6.07) is 6.58. The molecule has 2 N–H and O–H groups in total. The Kier molecular flexibility index (Phi) is 4.51. The zero-order chi connectivity index (χ0) is 12.0. The highest BCUT2D eigenvalue weighted by Crippen LogP contribution is 2.09. The Balaban J connectivity index is 2.55. The van der Waals surface area contributed by atoms with Gasteiger partial charge in [-0.3, -0.25) is 4.79 Å². The van der Waals surface area contributed by atoms with Gasteiger partial charge in [-0.15, -0.1) is 0 Å². The molecular formula is C12H16N2O2. The van der Waals surface area contributed by atoms with Crippen molar-refractivity contribution in [3.63, 3.8) is 0 Å². The molecule has 0 spiro atoms. The molecule has 0 atom stereocenters. The minimum atomic E-state index is -0.225. The second-order valence-electron chi connectivity index (χ2n) is 3.51. The number of hydrogen-bond acceptors (Lipinski definition) is 2. The van der Waals surface area contributed by atoms with Gasteiger partial charge in [-0.1, -0.05) is 6.92 Å². The number of Topliss-reactive ketones (excluding diaryl/α,β-unsaturated/α-hetero) is 1. The molecule has 2 amide bonds. The summed E-state index contributed by atoms with van der Waals surface area (Å²) in [6.07, 6.45) is 0.899. The van der Waals surface area contributed by atoms with Crippen molar-refractivity contribution in [2.24, 2.45) is 0 Å². The van der Waals surface area contributed by atoms with Crippen LogP contribution in [0, 0.1) is 0 Å². The highest BCUT2D eigenvalue weighted by molar-refractivity contribution is 5.95. The van der Waals surface area contributed by atoms with E-state index in [0.717, 1.165) is 6.42 Å². The Morgan fingerprint density at radius 3 is 2.31 bits per heavy atom. The summed E-state index contributed by atoms with van der Waals surface area (Å²) in [5.74, 6) is 0.0157. The zero-order valence-electron chi connectivity index (χ0n) is 9.54. The van der Waals surface area contributed by atoms with E-state index in [2.05, 4.69) is 10.6 Å². The fourth-order valence-corrected chi connectivity index (χ4v) is 1.20. The Morgan fingerprint density at radius 1 is 1.19 bits per heavy atom. The van der Waals surface area contributed by atoms with E-state index in [-0.39, 0.29) is 11.8 Å². The van der Waals surface area contributed by atoms with Gasteiger partial charge in [0, 0.05) is 17.8 Å². The highest BCUT2D eigenvalue weighted by atomic mass is 16.2. The minimum Gasteiger partial charge on any atom is -0.338 e. The number of benzene rings is 1. The van der Waals surface area contributed by atoms with Crippen LogP contribution in [-0.4, -0.2) is 18.4 Å². The predicted molar refractivity (Wildman–Crippen MR) is 63.8 cm³/mol. The summed E-state index contributed by atoms with van der Waals surface area (Å²) >= 11 is 0. The molecular weight excluding hydrogens is 204 g/mol. The normalized spacial score (nSPS) is 9.62. The molecule has 0 saturated heterocycles. The van der Waals surface area contributed by atoms with Gasteiger partial charge in [0.2, 0.25) is 0 Å². The lowest BCUT2D eigenvalue weighted by atomic mass is 10.1. The summed E-state index contributed by atoms with van der Waals surface area (Å²) in [7, 11) is 0. The summed E-state index contributed by atoms with van der Waals surface area (Å²) in [5.41, 5.74) is 1.32. The molecule has 16 heavy (non-hydrogen) atoms. The van der Waals surface area contributed by atoms with E-state index in [0.29, 0.717) is 17.8 Å². The lowest BCUT2D eigenvalue weighted by Crippen LogP contribution is -2.29. The third-order valence-electron chi connectivity index (χ3n) is 2.08. The smallest absolute Gasteiger partial charge is 0.319 e. The number of ketones is 1. The molecule has 86 valence electrons. The van der Waals surface area contributed by atoms with E-state index in [9.17, 15) is 9.59 Å². The van der Waals surface area contributed by atoms with Crippen molar-refractivity contribution in [2.75, 3.05) is 11.9 Å². The summed E-state index contributed by atoms with van der Waals surface area (Å²) in [4.78, 5) is 22.3. The first kappa shape index (κ1) is 12.2. The van der Waals surface area contributed by atoms with Crippen LogP contribution in [0.5, 0.6) is 0 Å². The number of carbonyl (C=O) groups is 2. The van der Waals surface area contributed by atoms with Crippen LogP contribution < -0.4 is 10.6 Å². The molecule has 0 fully saturated rings. The maximum Gasteiger partial charge on any atom is 0.319 e. The Bertz CT molecular complexity index is 371. The van der Waals surface area contributed by atoms with Crippen LogP contribution in [0.4, 0.5) is 10.5 Å². The van der Waals surface area contributed by atoms with Crippen LogP contribution in [-0.2, 0) is 0 Å². The lowest BCUT2D eigenvalue weighted by molar-refractivity contribution is 0.101. The van der Waals surface area contributed by atoms with Gasteiger partial charge in [-0.2, -0.15) is 0 Å². The lowest BCUT2D eigenvalue weighted by Gasteiger charge is -2.06. The molecule has 0 heterocycles. The van der Waals surface area contributed by atoms with Gasteiger partial charge in [0.25, 0.3) is 0 Å². The summed E-state index contributed by atoms with van der Waals surface area (Å²) in [5, 5.41) is 5.38. The van der Waals surface area contributed by atoms with Gasteiger partial charge in [-0.05, 0) is 37.6 Å². The second kappa shape index (κ2) is 5.90. The van der Waals surface area contributed by atoms with Gasteiger partial charge >= 0.3 is 6.03 Å². The number of urea groups is 1. The first-order valence-electron chi connectivity index (χ1n) is 5.29. The van der Waals surface area contributed by atoms with Crippen molar-refractivity contribution in [3.05, 3.63) is 29.8 Å². The average molecular weight is 220 g/mol. The monoisotopic (exact) mass is 220 g/mol. The maximum absolute atomic E-state index is 11.3. The molecule has 1 rings (SSSR count). The molecule has 1 aromatic carbocycles. The van der Waals surface area contributed by atoms with Gasteiger partial charge in [0.1, 0.15) is 0 Å². The van der Waals surface area contributed by atoms with Crippen molar-refractivity contribution < 1.29 is 9.59 Å². The zero-order valence-corrected chi connectivity index (χ0v) is 9.54. The standard InChI is InChI=1S/C12H16N2O2/c1-3-8-13-12(16)14-11-6-4-10(5-7-11)9(2)15/h4-7H,3,8H2,1-2H3,(H2,13,14,16). The largest absolute Gasteiger partial charge is 0.338 e. The Morgan fingerprint density at radius 2 is 1.81 bits per heavy atom. The molecule has 0 aromatic heterocycles. The number of rotatable bonds is 4. The first-order valence-corrected chi connectivity index (χ1v) is 5.29. The van der Waals surface area contributed by atoms with Crippen LogP contribution in [0.25, 0.3) is 0 Å². The number of carbonyl (C=O) groups excluding carboxylic acids is 2. The van der Waals surface area contributed by atoms with E-state index in [1.165, 1.54) is 6.92 Å². The van der Waals surface area contributed by atoms with Crippen molar-refractivity contribution in [3.8, 4) is 0 Å². The molecule has 0 aliphatic rings. The molecule has 0 aliphatic heterocycles. The van der Waals surface area contributed by atoms with E-state index in [4.69, 9.17) is 0 Å². The van der Waals surface area contributed by atoms with Crippen LogP contribution in [0.3, 0.4) is 0 Å². The SMILES string of the molecule is CCCNC(=O)Nc1ccc(C(C)=O)cc1. The molecule has 0 aliphatic carbocycles. The van der Waals surface area contributed by atoms with E-state index >= 15 is 0 Å². The fraction of sp³-hybridized carbons (Fsp3) is 0.333. The van der Waals surface area contributed by atoms with Gasteiger partial charge in [-0.25, -0.2) is 4.79 Å². The fourth-order valence-electron chi connectivity index (χ4n) is 1.20. The molecule has 4 heteroatoms. The third kappa shape index (κ3) is 3.73. The van der Waals surface area contributed by atoms with Gasteiger partial charge in [0.05, 0.1) is 0 Å². The highest BCUT2D eigenvalue weighted by Gasteiger charge is 2.01. The van der Waals surface area contributed by atoms with E-state index in [1.54, 1.807) is 24.3 Å². The molecule has 0 radical (unpaired) electrons. The topological polar surface area (TPSA) is 58.2 Å². The Hall–Kier alpha value is -1.84. The number of anilines is 1. The van der Waals surface area contributed by atoms with Crippen molar-refractivity contribution in [1.29, 1.82) is 0 Å². The Labute approximate surface area is 95.0 Å². The number of nitrogens with one attached hydrogen (secondary N) is 2. The summed E-state index contributed by atoms with van der Waals surface area (Å²) in [6.45, 7) is 4.15. The van der Waals surface area contributed by atoms with Crippen molar-refractivity contribution in [1.82, 2.24) is 5.32 Å². The number of amides is 2. The second-order valence-corrected chi connectivity index (χ2v) is 3.51. The van der Waals surface area contributed by atoms with E-state index in [1.807, 2.05) is 6.92 Å². The van der Waals surface area contributed by atoms with Crippen molar-refractivity contribution >= 4 is 17.5 Å². The maximum atomic E-state index is 11.3. The molecule has 0 unspecified atom stereocenters.